The van der Waals surface area contributed by atoms with Crippen molar-refractivity contribution in [1.29, 1.82) is 0 Å². The van der Waals surface area contributed by atoms with Gasteiger partial charge in [-0.05, 0) is 31.9 Å². The highest BCUT2D eigenvalue weighted by atomic mass is 19.1. The lowest BCUT2D eigenvalue weighted by Crippen LogP contribution is -2.37. The highest BCUT2D eigenvalue weighted by Gasteiger charge is 2.13. The molecule has 4 heteroatoms. The van der Waals surface area contributed by atoms with Gasteiger partial charge >= 0.3 is 5.97 Å². The number of nitrogens with one attached hydrogen (secondary N) is 1. The van der Waals surface area contributed by atoms with Crippen LogP contribution in [0.15, 0.2) is 24.3 Å². The number of benzene rings is 1. The van der Waals surface area contributed by atoms with E-state index in [1.165, 1.54) is 13.2 Å². The Kier molecular flexibility index (Phi) is 5.78. The fourth-order valence-electron chi connectivity index (χ4n) is 1.93. The summed E-state index contributed by atoms with van der Waals surface area (Å²) >= 11 is 0. The highest BCUT2D eigenvalue weighted by Crippen LogP contribution is 2.09. The summed E-state index contributed by atoms with van der Waals surface area (Å²) in [6.45, 7) is 3.88. The molecular weight excluding hydrogens is 233 g/mol. The second kappa shape index (κ2) is 7.11. The van der Waals surface area contributed by atoms with Gasteiger partial charge in [0.15, 0.2) is 0 Å². The average molecular weight is 253 g/mol. The molecule has 0 aliphatic carbocycles. The predicted molar refractivity (Wildman–Crippen MR) is 68.8 cm³/mol. The molecule has 2 unspecified atom stereocenters. The van der Waals surface area contributed by atoms with Gasteiger partial charge in [-0.2, -0.15) is 0 Å². The number of esters is 1. The van der Waals surface area contributed by atoms with Crippen LogP contribution in [0.25, 0.3) is 0 Å². The van der Waals surface area contributed by atoms with Crippen LogP contribution in [0, 0.1) is 5.82 Å². The van der Waals surface area contributed by atoms with Crippen molar-refractivity contribution in [3.8, 4) is 0 Å². The number of ether oxygens (including phenoxy) is 1. The fourth-order valence-corrected chi connectivity index (χ4v) is 1.93. The summed E-state index contributed by atoms with van der Waals surface area (Å²) in [5.41, 5.74) is 0.683. The summed E-state index contributed by atoms with van der Waals surface area (Å²) in [4.78, 5) is 11.1. The van der Waals surface area contributed by atoms with Crippen LogP contribution in [0.2, 0.25) is 0 Å². The standard InChI is InChI=1S/C14H20FNO2/c1-10(16-11(2)9-14(17)18-3)8-12-6-4-5-7-13(12)15/h4-7,10-11,16H,8-9H2,1-3H3. The Labute approximate surface area is 107 Å². The molecule has 1 N–H and O–H groups in total. The second-order valence-corrected chi connectivity index (χ2v) is 4.54. The Morgan fingerprint density at radius 3 is 2.61 bits per heavy atom. The van der Waals surface area contributed by atoms with Crippen molar-refractivity contribution in [1.82, 2.24) is 5.32 Å². The molecule has 3 nitrogen and oxygen atoms in total. The first-order valence-electron chi connectivity index (χ1n) is 6.09. The zero-order valence-corrected chi connectivity index (χ0v) is 11.1. The zero-order valence-electron chi connectivity index (χ0n) is 11.1. The smallest absolute Gasteiger partial charge is 0.307 e. The van der Waals surface area contributed by atoms with Crippen molar-refractivity contribution in [2.45, 2.75) is 38.8 Å². The van der Waals surface area contributed by atoms with Gasteiger partial charge in [0.05, 0.1) is 13.5 Å². The third-order valence-corrected chi connectivity index (χ3v) is 2.75. The van der Waals surface area contributed by atoms with Crippen LogP contribution >= 0.6 is 0 Å². The van der Waals surface area contributed by atoms with E-state index in [-0.39, 0.29) is 23.9 Å². The first-order chi connectivity index (χ1) is 8.52. The molecule has 0 amide bonds. The topological polar surface area (TPSA) is 38.3 Å². The summed E-state index contributed by atoms with van der Waals surface area (Å²) in [6, 6.07) is 6.85. The summed E-state index contributed by atoms with van der Waals surface area (Å²) in [5.74, 6) is -0.431. The van der Waals surface area contributed by atoms with Crippen LogP contribution in [-0.2, 0) is 16.0 Å². The minimum atomic E-state index is -0.243. The predicted octanol–water partition coefficient (Wildman–Crippen LogP) is 2.30. The SMILES string of the molecule is COC(=O)CC(C)NC(C)Cc1ccccc1F. The summed E-state index contributed by atoms with van der Waals surface area (Å²) < 4.78 is 18.1. The van der Waals surface area contributed by atoms with Gasteiger partial charge in [-0.25, -0.2) is 4.39 Å². The molecule has 1 rings (SSSR count). The van der Waals surface area contributed by atoms with E-state index in [1.54, 1.807) is 12.1 Å². The van der Waals surface area contributed by atoms with Crippen molar-refractivity contribution in [3.63, 3.8) is 0 Å². The number of carbonyl (C=O) groups excluding carboxylic acids is 1. The lowest BCUT2D eigenvalue weighted by molar-refractivity contribution is -0.141. The van der Waals surface area contributed by atoms with Crippen molar-refractivity contribution < 1.29 is 13.9 Å². The van der Waals surface area contributed by atoms with Crippen molar-refractivity contribution >= 4 is 5.97 Å². The molecule has 0 fully saturated rings. The lowest BCUT2D eigenvalue weighted by Gasteiger charge is -2.19. The van der Waals surface area contributed by atoms with Crippen LogP contribution in [0.5, 0.6) is 0 Å². The van der Waals surface area contributed by atoms with Gasteiger partial charge in [0.1, 0.15) is 5.82 Å². The number of hydrogen-bond acceptors (Lipinski definition) is 3. The van der Waals surface area contributed by atoms with Crippen LogP contribution in [0.3, 0.4) is 0 Å². The van der Waals surface area contributed by atoms with Crippen LogP contribution in [-0.4, -0.2) is 25.2 Å². The lowest BCUT2D eigenvalue weighted by atomic mass is 10.1. The second-order valence-electron chi connectivity index (χ2n) is 4.54. The minimum absolute atomic E-state index is 0.0132. The van der Waals surface area contributed by atoms with E-state index in [1.807, 2.05) is 19.9 Å². The monoisotopic (exact) mass is 253 g/mol. The number of carbonyl (C=O) groups is 1. The molecule has 0 aromatic heterocycles. The van der Waals surface area contributed by atoms with Gasteiger partial charge in [0, 0.05) is 12.1 Å². The van der Waals surface area contributed by atoms with Gasteiger partial charge < -0.3 is 10.1 Å². The van der Waals surface area contributed by atoms with E-state index >= 15 is 0 Å². The normalized spacial score (nSPS) is 14.0. The Bertz CT molecular complexity index is 395. The molecule has 0 aliphatic rings. The van der Waals surface area contributed by atoms with E-state index in [2.05, 4.69) is 10.1 Å². The highest BCUT2D eigenvalue weighted by molar-refractivity contribution is 5.69. The van der Waals surface area contributed by atoms with E-state index in [0.29, 0.717) is 18.4 Å². The number of halogens is 1. The van der Waals surface area contributed by atoms with Gasteiger partial charge in [0.2, 0.25) is 0 Å². The third-order valence-electron chi connectivity index (χ3n) is 2.75. The van der Waals surface area contributed by atoms with Crippen molar-refractivity contribution in [3.05, 3.63) is 35.6 Å². The molecule has 0 bridgehead atoms. The molecule has 0 heterocycles. The maximum Gasteiger partial charge on any atom is 0.307 e. The van der Waals surface area contributed by atoms with Gasteiger partial charge in [-0.1, -0.05) is 18.2 Å². The Hall–Kier alpha value is -1.42. The molecule has 2 atom stereocenters. The molecule has 0 spiro atoms. The van der Waals surface area contributed by atoms with Crippen molar-refractivity contribution in [2.75, 3.05) is 7.11 Å². The fraction of sp³-hybridized carbons (Fsp3) is 0.500. The molecule has 1 aromatic carbocycles. The van der Waals surface area contributed by atoms with E-state index in [4.69, 9.17) is 0 Å². The number of hydrogen-bond donors (Lipinski definition) is 1. The quantitative estimate of drug-likeness (QED) is 0.791. The Morgan fingerprint density at radius 1 is 1.33 bits per heavy atom. The molecule has 100 valence electrons. The first-order valence-corrected chi connectivity index (χ1v) is 6.09. The van der Waals surface area contributed by atoms with E-state index < -0.39 is 0 Å². The number of methoxy groups -OCH3 is 1. The first kappa shape index (κ1) is 14.6. The molecule has 18 heavy (non-hydrogen) atoms. The summed E-state index contributed by atoms with van der Waals surface area (Å²) in [5, 5.41) is 3.25. The molecule has 0 aliphatic heterocycles. The molecular formula is C14H20FNO2. The molecule has 1 aromatic rings. The van der Waals surface area contributed by atoms with Crippen LogP contribution in [0.1, 0.15) is 25.8 Å². The van der Waals surface area contributed by atoms with Gasteiger partial charge in [-0.15, -0.1) is 0 Å². The maximum atomic E-state index is 13.5. The molecule has 0 radical (unpaired) electrons. The number of rotatable bonds is 6. The maximum absolute atomic E-state index is 13.5. The van der Waals surface area contributed by atoms with Crippen LogP contribution < -0.4 is 5.32 Å². The minimum Gasteiger partial charge on any atom is -0.469 e. The summed E-state index contributed by atoms with van der Waals surface area (Å²) in [7, 11) is 1.37. The van der Waals surface area contributed by atoms with E-state index in [0.717, 1.165) is 0 Å². The Balaban J connectivity index is 2.44. The van der Waals surface area contributed by atoms with Gasteiger partial charge in [-0.3, -0.25) is 4.79 Å². The Morgan fingerprint density at radius 2 is 2.00 bits per heavy atom. The summed E-state index contributed by atoms with van der Waals surface area (Å²) in [6.07, 6.45) is 0.913. The average Bonchev–Trinajstić information content (AvgIpc) is 2.31. The molecule has 0 saturated carbocycles. The van der Waals surface area contributed by atoms with Crippen molar-refractivity contribution in [2.24, 2.45) is 0 Å². The van der Waals surface area contributed by atoms with Gasteiger partial charge in [0.25, 0.3) is 0 Å². The van der Waals surface area contributed by atoms with Crippen LogP contribution in [0.4, 0.5) is 4.39 Å². The zero-order chi connectivity index (χ0) is 13.5. The largest absolute Gasteiger partial charge is 0.469 e. The molecule has 0 saturated heterocycles. The van der Waals surface area contributed by atoms with E-state index in [9.17, 15) is 9.18 Å². The third kappa shape index (κ3) is 4.84.